The second kappa shape index (κ2) is 10.1. The van der Waals surface area contributed by atoms with Crippen LogP contribution >= 0.6 is 0 Å². The van der Waals surface area contributed by atoms with E-state index < -0.39 is 5.97 Å². The minimum atomic E-state index is -0.491. The second-order valence-electron chi connectivity index (χ2n) is 8.90. The molecule has 0 atom stereocenters. The molecule has 0 saturated carbocycles. The highest BCUT2D eigenvalue weighted by Gasteiger charge is 2.20. The zero-order chi connectivity index (χ0) is 26.1. The summed E-state index contributed by atoms with van der Waals surface area (Å²) in [5.41, 5.74) is 10.0. The van der Waals surface area contributed by atoms with Gasteiger partial charge in [-0.2, -0.15) is 19.8 Å². The highest BCUT2D eigenvalue weighted by Crippen LogP contribution is 2.26. The van der Waals surface area contributed by atoms with E-state index in [-0.39, 0.29) is 13.3 Å². The number of aryl methyl sites for hydroxylation is 1. The van der Waals surface area contributed by atoms with Gasteiger partial charge in [0.2, 0.25) is 0 Å². The molecular formula is C26H27N9O3. The van der Waals surface area contributed by atoms with Crippen LogP contribution in [0.4, 0.5) is 5.82 Å². The second-order valence-corrected chi connectivity index (χ2v) is 8.90. The van der Waals surface area contributed by atoms with Gasteiger partial charge in [0.1, 0.15) is 17.2 Å². The third kappa shape index (κ3) is 4.62. The van der Waals surface area contributed by atoms with Crippen molar-refractivity contribution in [1.29, 1.82) is 0 Å². The van der Waals surface area contributed by atoms with Crippen molar-refractivity contribution in [2.24, 2.45) is 5.73 Å². The van der Waals surface area contributed by atoms with Crippen LogP contribution in [0.3, 0.4) is 0 Å². The monoisotopic (exact) mass is 513 g/mol. The summed E-state index contributed by atoms with van der Waals surface area (Å²) in [6, 6.07) is 17.8. The Hall–Kier alpha value is -4.55. The largest absolute Gasteiger partial charge is 0.441 e. The fourth-order valence-corrected chi connectivity index (χ4v) is 4.38. The van der Waals surface area contributed by atoms with Crippen molar-refractivity contribution >= 4 is 17.4 Å². The van der Waals surface area contributed by atoms with Gasteiger partial charge in [-0.25, -0.2) is 14.3 Å². The maximum atomic E-state index is 11.5. The first-order valence-corrected chi connectivity index (χ1v) is 12.3. The Balaban J connectivity index is 1.39. The van der Waals surface area contributed by atoms with Crippen LogP contribution in [0.15, 0.2) is 60.8 Å². The molecule has 1 aliphatic heterocycles. The molecule has 0 bridgehead atoms. The van der Waals surface area contributed by atoms with Gasteiger partial charge in [0.15, 0.2) is 18.2 Å². The molecule has 1 aliphatic rings. The molecule has 0 amide bonds. The Labute approximate surface area is 218 Å². The van der Waals surface area contributed by atoms with Crippen LogP contribution in [0.2, 0.25) is 0 Å². The van der Waals surface area contributed by atoms with E-state index >= 15 is 0 Å². The maximum Gasteiger partial charge on any atom is 0.321 e. The first kappa shape index (κ1) is 23.8. The molecule has 5 aromatic rings. The molecule has 5 heterocycles. The van der Waals surface area contributed by atoms with Crippen LogP contribution in [-0.4, -0.2) is 73.0 Å². The van der Waals surface area contributed by atoms with Crippen molar-refractivity contribution < 1.29 is 14.3 Å². The summed E-state index contributed by atoms with van der Waals surface area (Å²) in [4.78, 5) is 18.6. The Morgan fingerprint density at radius 2 is 1.79 bits per heavy atom. The molecular weight excluding hydrogens is 486 g/mol. The summed E-state index contributed by atoms with van der Waals surface area (Å²) >= 11 is 0. The molecule has 2 N–H and O–H groups in total. The summed E-state index contributed by atoms with van der Waals surface area (Å²) in [6.45, 7) is 4.45. The molecule has 4 aromatic heterocycles. The molecule has 1 saturated heterocycles. The van der Waals surface area contributed by atoms with Crippen molar-refractivity contribution in [2.75, 3.05) is 37.7 Å². The van der Waals surface area contributed by atoms with Gasteiger partial charge in [0, 0.05) is 42.7 Å². The quantitative estimate of drug-likeness (QED) is 0.325. The Kier molecular flexibility index (Phi) is 6.32. The maximum absolute atomic E-state index is 11.5. The van der Waals surface area contributed by atoms with Crippen LogP contribution in [0.25, 0.3) is 34.1 Å². The lowest BCUT2D eigenvalue weighted by atomic mass is 10.2. The van der Waals surface area contributed by atoms with E-state index in [1.54, 1.807) is 9.36 Å². The molecule has 12 heteroatoms. The number of fused-ring (bicyclic) bond motifs is 1. The van der Waals surface area contributed by atoms with E-state index in [1.165, 1.54) is 0 Å². The van der Waals surface area contributed by atoms with Crippen LogP contribution in [0.1, 0.15) is 5.69 Å². The van der Waals surface area contributed by atoms with Crippen molar-refractivity contribution in [1.82, 2.24) is 34.2 Å². The first-order chi connectivity index (χ1) is 18.6. The molecule has 194 valence electrons. The van der Waals surface area contributed by atoms with E-state index in [0.717, 1.165) is 35.9 Å². The first-order valence-electron chi connectivity index (χ1n) is 12.3. The molecule has 6 rings (SSSR count). The third-order valence-corrected chi connectivity index (χ3v) is 6.38. The third-order valence-electron chi connectivity index (χ3n) is 6.38. The fourth-order valence-electron chi connectivity index (χ4n) is 4.38. The Morgan fingerprint density at radius 3 is 2.58 bits per heavy atom. The summed E-state index contributed by atoms with van der Waals surface area (Å²) < 4.78 is 15.9. The predicted molar refractivity (Wildman–Crippen MR) is 140 cm³/mol. The van der Waals surface area contributed by atoms with Gasteiger partial charge in [0.25, 0.3) is 0 Å². The van der Waals surface area contributed by atoms with Crippen molar-refractivity contribution in [2.45, 2.75) is 13.7 Å². The van der Waals surface area contributed by atoms with Gasteiger partial charge in [-0.3, -0.25) is 4.79 Å². The van der Waals surface area contributed by atoms with E-state index in [2.05, 4.69) is 10.00 Å². The summed E-state index contributed by atoms with van der Waals surface area (Å²) in [6.07, 6.45) is 1.91. The minimum Gasteiger partial charge on any atom is -0.441 e. The average Bonchev–Trinajstić information content (AvgIpc) is 3.70. The minimum absolute atomic E-state index is 0.0142. The molecule has 38 heavy (non-hydrogen) atoms. The molecule has 12 nitrogen and oxygen atoms in total. The van der Waals surface area contributed by atoms with Gasteiger partial charge >= 0.3 is 5.97 Å². The van der Waals surface area contributed by atoms with Crippen molar-refractivity contribution in [3.05, 3.63) is 66.5 Å². The van der Waals surface area contributed by atoms with Crippen LogP contribution < -0.4 is 10.6 Å². The summed E-state index contributed by atoms with van der Waals surface area (Å²) in [7, 11) is 0. The van der Waals surface area contributed by atoms with Crippen molar-refractivity contribution in [3.63, 3.8) is 0 Å². The lowest BCUT2D eigenvalue weighted by Crippen LogP contribution is -2.37. The van der Waals surface area contributed by atoms with Crippen LogP contribution in [-0.2, 0) is 21.0 Å². The molecule has 1 aromatic carbocycles. The Morgan fingerprint density at radius 1 is 1.00 bits per heavy atom. The number of ether oxygens (including phenoxy) is 2. The summed E-state index contributed by atoms with van der Waals surface area (Å²) in [5, 5.41) is 14.2. The number of rotatable bonds is 7. The van der Waals surface area contributed by atoms with Crippen LogP contribution in [0.5, 0.6) is 0 Å². The molecule has 0 aliphatic carbocycles. The van der Waals surface area contributed by atoms with Gasteiger partial charge in [-0.05, 0) is 19.1 Å². The van der Waals surface area contributed by atoms with Gasteiger partial charge in [0.05, 0.1) is 25.5 Å². The predicted octanol–water partition coefficient (Wildman–Crippen LogP) is 2.05. The number of esters is 1. The molecule has 0 unspecified atom stereocenters. The zero-order valence-electron chi connectivity index (χ0n) is 20.9. The Bertz CT molecular complexity index is 1580. The number of carbonyl (C=O) groups excluding carboxylic acids is 1. The van der Waals surface area contributed by atoms with E-state index in [9.17, 15) is 4.79 Å². The van der Waals surface area contributed by atoms with E-state index in [1.807, 2.05) is 72.2 Å². The van der Waals surface area contributed by atoms with Crippen LogP contribution in [0, 0.1) is 6.92 Å². The van der Waals surface area contributed by atoms with Gasteiger partial charge in [-0.15, -0.1) is 0 Å². The fraction of sp³-hybridized carbons (Fsp3) is 0.269. The van der Waals surface area contributed by atoms with E-state index in [4.69, 9.17) is 30.4 Å². The number of benzene rings is 1. The van der Waals surface area contributed by atoms with Gasteiger partial charge < -0.3 is 20.1 Å². The lowest BCUT2D eigenvalue weighted by molar-refractivity contribution is -0.146. The highest BCUT2D eigenvalue weighted by molar-refractivity contribution is 5.71. The molecule has 1 fully saturated rings. The molecule has 0 radical (unpaired) electrons. The highest BCUT2D eigenvalue weighted by atomic mass is 16.5. The number of nitrogens with two attached hydrogens (primary N) is 1. The summed E-state index contributed by atoms with van der Waals surface area (Å²) in [5.74, 6) is 1.09. The van der Waals surface area contributed by atoms with Crippen molar-refractivity contribution in [3.8, 4) is 28.5 Å². The number of aromatic nitrogens is 7. The van der Waals surface area contributed by atoms with Gasteiger partial charge in [-0.1, -0.05) is 30.3 Å². The normalized spacial score (nSPS) is 13.8. The number of nitrogens with zero attached hydrogens (tertiary/aromatic N) is 8. The topological polar surface area (TPSA) is 131 Å². The lowest BCUT2D eigenvalue weighted by Gasteiger charge is -2.29. The van der Waals surface area contributed by atoms with E-state index in [0.29, 0.717) is 36.1 Å². The average molecular weight is 514 g/mol. The number of carbonyl (C=O) groups is 1. The smallest absolute Gasteiger partial charge is 0.321 e. The number of morpholine rings is 1. The molecule has 0 spiro atoms. The zero-order valence-corrected chi connectivity index (χ0v) is 20.9. The number of anilines is 1. The number of hydrogen-bond acceptors (Lipinski definition) is 9. The number of hydrogen-bond donors (Lipinski definition) is 1. The standard InChI is InChI=1S/C26H27N9O3/c1-18-13-21(30-34(18)17-38-26(36)16-27)22-14-24-28-23(15-25(35(24)31-22)32-9-11-37-12-10-32)33-8-7-20(29-33)19-5-3-2-4-6-19/h2-8,13-15H,9-12,16-17,27H2,1H3. The SMILES string of the molecule is Cc1cc(-c2cc3nc(-n4ccc(-c5ccccc5)n4)cc(N4CCOCC4)n3n2)nn1COC(=O)CN.